The summed E-state index contributed by atoms with van der Waals surface area (Å²) >= 11 is 0. The van der Waals surface area contributed by atoms with Crippen LogP contribution in [0, 0.1) is 0 Å². The highest BCUT2D eigenvalue weighted by Crippen LogP contribution is 2.31. The van der Waals surface area contributed by atoms with E-state index < -0.39 is 11.7 Å². The Morgan fingerprint density at radius 2 is 1.75 bits per heavy atom. The van der Waals surface area contributed by atoms with Gasteiger partial charge < -0.3 is 9.64 Å². The molecule has 0 saturated carbocycles. The third-order valence-corrected chi connectivity index (χ3v) is 5.79. The van der Waals surface area contributed by atoms with Gasteiger partial charge in [0.2, 0.25) is 0 Å². The highest BCUT2D eigenvalue weighted by Gasteiger charge is 2.30. The molecule has 0 radical (unpaired) electrons. The van der Waals surface area contributed by atoms with Crippen LogP contribution in [0.15, 0.2) is 54.9 Å². The van der Waals surface area contributed by atoms with Crippen molar-refractivity contribution in [2.75, 3.05) is 11.4 Å². The van der Waals surface area contributed by atoms with E-state index in [4.69, 9.17) is 9.72 Å². The summed E-state index contributed by atoms with van der Waals surface area (Å²) in [4.78, 5) is 23.1. The summed E-state index contributed by atoms with van der Waals surface area (Å²) in [6.45, 7) is 7.38. The van der Waals surface area contributed by atoms with Crippen molar-refractivity contribution in [2.45, 2.75) is 65.6 Å². The second kappa shape index (κ2) is 12.5. The maximum atomic E-state index is 12.9. The van der Waals surface area contributed by atoms with Gasteiger partial charge in [-0.3, -0.25) is 9.78 Å². The summed E-state index contributed by atoms with van der Waals surface area (Å²) in [5, 5.41) is 0. The number of aryl methyl sites for hydroxylation is 1. The molecule has 0 unspecified atom stereocenters. The van der Waals surface area contributed by atoms with Crippen LogP contribution in [0.4, 0.5) is 19.0 Å². The molecule has 0 saturated heterocycles. The Balaban J connectivity index is 1.85. The van der Waals surface area contributed by atoms with Crippen molar-refractivity contribution in [3.63, 3.8) is 0 Å². The smallest absolute Gasteiger partial charge is 0.416 e. The molecule has 192 valence electrons. The highest BCUT2D eigenvalue weighted by molar-refractivity contribution is 5.72. The van der Waals surface area contributed by atoms with Gasteiger partial charge in [0.05, 0.1) is 23.7 Å². The summed E-state index contributed by atoms with van der Waals surface area (Å²) in [6.07, 6.45) is 2.62. The van der Waals surface area contributed by atoms with Gasteiger partial charge in [-0.25, -0.2) is 4.98 Å². The molecule has 0 N–H and O–H groups in total. The minimum Gasteiger partial charge on any atom is -0.426 e. The SMILES string of the molecule is CCCCN(Cc1ccc(OC(=O)CCC)c(CC)c1)c1cncc(-c2ccc(C(F)(F)F)cc2)n1. The average molecular weight is 500 g/mol. The van der Waals surface area contributed by atoms with Crippen molar-refractivity contribution in [1.82, 2.24) is 9.97 Å². The number of hydrogen-bond donors (Lipinski definition) is 0. The fourth-order valence-electron chi connectivity index (χ4n) is 3.81. The lowest BCUT2D eigenvalue weighted by molar-refractivity contribution is -0.137. The van der Waals surface area contributed by atoms with Gasteiger partial charge in [0.25, 0.3) is 0 Å². The zero-order valence-corrected chi connectivity index (χ0v) is 20.9. The third-order valence-electron chi connectivity index (χ3n) is 5.79. The molecule has 0 bridgehead atoms. The normalized spacial score (nSPS) is 11.4. The molecular formula is C28H32F3N3O2. The third kappa shape index (κ3) is 7.29. The highest BCUT2D eigenvalue weighted by atomic mass is 19.4. The van der Waals surface area contributed by atoms with E-state index in [2.05, 4.69) is 16.8 Å². The number of ether oxygens (including phenoxy) is 1. The van der Waals surface area contributed by atoms with Gasteiger partial charge in [0.15, 0.2) is 0 Å². The molecule has 0 aliphatic carbocycles. The predicted octanol–water partition coefficient (Wildman–Crippen LogP) is 7.24. The van der Waals surface area contributed by atoms with Crippen LogP contribution in [0.5, 0.6) is 5.75 Å². The zero-order valence-electron chi connectivity index (χ0n) is 20.9. The molecule has 1 heterocycles. The van der Waals surface area contributed by atoms with Crippen molar-refractivity contribution >= 4 is 11.8 Å². The monoisotopic (exact) mass is 499 g/mol. The van der Waals surface area contributed by atoms with Gasteiger partial charge in [0, 0.05) is 25.1 Å². The van der Waals surface area contributed by atoms with E-state index in [-0.39, 0.29) is 5.97 Å². The lowest BCUT2D eigenvalue weighted by atomic mass is 10.1. The van der Waals surface area contributed by atoms with Crippen molar-refractivity contribution in [1.29, 1.82) is 0 Å². The van der Waals surface area contributed by atoms with Crippen molar-refractivity contribution < 1.29 is 22.7 Å². The number of anilines is 1. The number of hydrogen-bond acceptors (Lipinski definition) is 5. The number of benzene rings is 2. The Labute approximate surface area is 210 Å². The summed E-state index contributed by atoms with van der Waals surface area (Å²) < 4.78 is 44.3. The first kappa shape index (κ1) is 27.2. The van der Waals surface area contributed by atoms with E-state index in [1.807, 2.05) is 32.0 Å². The Kier molecular flexibility index (Phi) is 9.44. The molecule has 0 fully saturated rings. The van der Waals surface area contributed by atoms with Crippen LogP contribution in [-0.2, 0) is 23.9 Å². The second-order valence-corrected chi connectivity index (χ2v) is 8.63. The number of alkyl halides is 3. The molecule has 0 aliphatic rings. The molecule has 2 aromatic carbocycles. The maximum absolute atomic E-state index is 12.9. The van der Waals surface area contributed by atoms with Crippen molar-refractivity contribution in [3.05, 3.63) is 71.5 Å². The molecular weight excluding hydrogens is 467 g/mol. The van der Waals surface area contributed by atoms with E-state index in [1.165, 1.54) is 12.1 Å². The van der Waals surface area contributed by atoms with Crippen LogP contribution in [0.2, 0.25) is 0 Å². The molecule has 3 rings (SSSR count). The van der Waals surface area contributed by atoms with Crippen LogP contribution < -0.4 is 9.64 Å². The van der Waals surface area contributed by atoms with E-state index in [0.29, 0.717) is 35.8 Å². The summed E-state index contributed by atoms with van der Waals surface area (Å²) in [6, 6.07) is 10.8. The lowest BCUT2D eigenvalue weighted by Gasteiger charge is -2.24. The molecule has 5 nitrogen and oxygen atoms in total. The van der Waals surface area contributed by atoms with Gasteiger partial charge in [-0.1, -0.05) is 51.5 Å². The van der Waals surface area contributed by atoms with E-state index in [1.54, 1.807) is 12.4 Å². The van der Waals surface area contributed by atoms with E-state index in [0.717, 1.165) is 55.5 Å². The molecule has 8 heteroatoms. The minimum absolute atomic E-state index is 0.236. The number of nitrogens with zero attached hydrogens (tertiary/aromatic N) is 3. The Morgan fingerprint density at radius 1 is 1.00 bits per heavy atom. The van der Waals surface area contributed by atoms with Crippen molar-refractivity contribution in [2.24, 2.45) is 0 Å². The minimum atomic E-state index is -4.38. The molecule has 36 heavy (non-hydrogen) atoms. The number of esters is 1. The predicted molar refractivity (Wildman–Crippen MR) is 135 cm³/mol. The van der Waals surface area contributed by atoms with Crippen LogP contribution in [0.1, 0.15) is 63.1 Å². The maximum Gasteiger partial charge on any atom is 0.416 e. The van der Waals surface area contributed by atoms with Crippen LogP contribution in [0.25, 0.3) is 11.3 Å². The summed E-state index contributed by atoms with van der Waals surface area (Å²) in [5.74, 6) is 1.00. The number of aromatic nitrogens is 2. The molecule has 1 aromatic heterocycles. The Morgan fingerprint density at radius 3 is 2.39 bits per heavy atom. The number of unbranched alkanes of at least 4 members (excludes halogenated alkanes) is 1. The Hall–Kier alpha value is -3.42. The molecule has 0 aliphatic heterocycles. The lowest BCUT2D eigenvalue weighted by Crippen LogP contribution is -2.25. The fourth-order valence-corrected chi connectivity index (χ4v) is 3.81. The second-order valence-electron chi connectivity index (χ2n) is 8.63. The number of halogens is 3. The molecule has 3 aromatic rings. The van der Waals surface area contributed by atoms with Crippen LogP contribution in [0.3, 0.4) is 0 Å². The average Bonchev–Trinajstić information content (AvgIpc) is 2.87. The topological polar surface area (TPSA) is 55.3 Å². The molecule has 0 atom stereocenters. The summed E-state index contributed by atoms with van der Waals surface area (Å²) in [5.41, 5.74) is 2.38. The fraction of sp³-hybridized carbons (Fsp3) is 0.393. The standard InChI is InChI=1S/C28H32F3N3O2/c1-4-7-15-34(19-20-9-14-25(21(6-3)16-20)36-27(35)8-5-2)26-18-32-17-24(33-26)22-10-12-23(13-11-22)28(29,30)31/h9-14,16-18H,4-8,15,19H2,1-3H3. The van der Waals surface area contributed by atoms with Crippen molar-refractivity contribution in [3.8, 4) is 17.0 Å². The Bertz CT molecular complexity index is 1150. The van der Waals surface area contributed by atoms with Crippen LogP contribution >= 0.6 is 0 Å². The van der Waals surface area contributed by atoms with Gasteiger partial charge in [-0.2, -0.15) is 13.2 Å². The largest absolute Gasteiger partial charge is 0.426 e. The number of carbonyl (C=O) groups is 1. The van der Waals surface area contributed by atoms with Gasteiger partial charge in [0.1, 0.15) is 11.6 Å². The number of rotatable bonds is 11. The number of carbonyl (C=O) groups excluding carboxylic acids is 1. The first-order valence-electron chi connectivity index (χ1n) is 12.3. The van der Waals surface area contributed by atoms with Gasteiger partial charge in [-0.05, 0) is 48.6 Å². The van der Waals surface area contributed by atoms with Gasteiger partial charge in [-0.15, -0.1) is 0 Å². The van der Waals surface area contributed by atoms with Gasteiger partial charge >= 0.3 is 12.1 Å². The van der Waals surface area contributed by atoms with Crippen LogP contribution in [-0.4, -0.2) is 22.5 Å². The first-order chi connectivity index (χ1) is 17.2. The molecule has 0 amide bonds. The zero-order chi connectivity index (χ0) is 26.1. The quantitative estimate of drug-likeness (QED) is 0.206. The first-order valence-corrected chi connectivity index (χ1v) is 12.3. The van der Waals surface area contributed by atoms with E-state index >= 15 is 0 Å². The summed E-state index contributed by atoms with van der Waals surface area (Å²) in [7, 11) is 0. The molecule has 0 spiro atoms. The van der Waals surface area contributed by atoms with E-state index in [9.17, 15) is 18.0 Å².